The average Bonchev–Trinajstić information content (AvgIpc) is 2.94. The highest BCUT2D eigenvalue weighted by Crippen LogP contribution is 2.33. The lowest BCUT2D eigenvalue weighted by molar-refractivity contribution is -0.00901. The molecule has 110 valence electrons. The van der Waals surface area contributed by atoms with Gasteiger partial charge in [0.1, 0.15) is 0 Å². The van der Waals surface area contributed by atoms with Gasteiger partial charge in [-0.2, -0.15) is 0 Å². The molecule has 1 aromatic carbocycles. The molecule has 1 aromatic rings. The van der Waals surface area contributed by atoms with Gasteiger partial charge in [0.25, 0.3) is 0 Å². The summed E-state index contributed by atoms with van der Waals surface area (Å²) in [6.07, 6.45) is 2.37. The van der Waals surface area contributed by atoms with E-state index in [0.717, 1.165) is 44.0 Å². The molecule has 1 saturated heterocycles. The number of piperidine rings is 1. The van der Waals surface area contributed by atoms with Gasteiger partial charge in [-0.25, -0.2) is 0 Å². The van der Waals surface area contributed by atoms with E-state index < -0.39 is 0 Å². The standard InChI is InChI=1S/C15H21NO4/c17-7-8-18-13-3-5-16(6-4-13)10-12-1-2-14-15(9-12)20-11-19-14/h1-2,9,13,17H,3-8,10-11H2. The van der Waals surface area contributed by atoms with E-state index >= 15 is 0 Å². The Balaban J connectivity index is 1.50. The van der Waals surface area contributed by atoms with Crippen molar-refractivity contribution in [1.29, 1.82) is 0 Å². The first-order chi connectivity index (χ1) is 9.85. The third-order valence-corrected chi connectivity index (χ3v) is 3.82. The maximum absolute atomic E-state index is 8.76. The van der Waals surface area contributed by atoms with Gasteiger partial charge >= 0.3 is 0 Å². The summed E-state index contributed by atoms with van der Waals surface area (Å²) < 4.78 is 16.3. The highest BCUT2D eigenvalue weighted by atomic mass is 16.7. The summed E-state index contributed by atoms with van der Waals surface area (Å²) in [4.78, 5) is 2.43. The largest absolute Gasteiger partial charge is 0.454 e. The van der Waals surface area contributed by atoms with E-state index in [2.05, 4.69) is 17.0 Å². The van der Waals surface area contributed by atoms with Crippen molar-refractivity contribution in [1.82, 2.24) is 4.90 Å². The van der Waals surface area contributed by atoms with E-state index in [-0.39, 0.29) is 6.61 Å². The number of benzene rings is 1. The Morgan fingerprint density at radius 2 is 2.00 bits per heavy atom. The summed E-state index contributed by atoms with van der Waals surface area (Å²) in [6.45, 7) is 3.88. The highest BCUT2D eigenvalue weighted by molar-refractivity contribution is 5.44. The van der Waals surface area contributed by atoms with Crippen molar-refractivity contribution >= 4 is 0 Å². The van der Waals surface area contributed by atoms with Crippen molar-refractivity contribution in [2.45, 2.75) is 25.5 Å². The zero-order valence-electron chi connectivity index (χ0n) is 11.6. The van der Waals surface area contributed by atoms with Crippen LogP contribution in [-0.4, -0.2) is 49.2 Å². The quantitative estimate of drug-likeness (QED) is 0.882. The second kappa shape index (κ2) is 6.43. The van der Waals surface area contributed by atoms with Gasteiger partial charge in [0.05, 0.1) is 19.3 Å². The third kappa shape index (κ3) is 3.23. The predicted octanol–water partition coefficient (Wildman–Crippen LogP) is 1.39. The molecule has 0 spiro atoms. The number of hydrogen-bond acceptors (Lipinski definition) is 5. The van der Waals surface area contributed by atoms with Crippen LogP contribution in [0.3, 0.4) is 0 Å². The van der Waals surface area contributed by atoms with E-state index in [1.807, 2.05) is 6.07 Å². The number of hydrogen-bond donors (Lipinski definition) is 1. The normalized spacial score (nSPS) is 19.4. The van der Waals surface area contributed by atoms with Crippen LogP contribution in [0.4, 0.5) is 0 Å². The third-order valence-electron chi connectivity index (χ3n) is 3.82. The molecule has 0 amide bonds. The lowest BCUT2D eigenvalue weighted by atomic mass is 10.1. The number of aliphatic hydroxyl groups excluding tert-OH is 1. The number of rotatable bonds is 5. The summed E-state index contributed by atoms with van der Waals surface area (Å²) in [5.74, 6) is 1.69. The lowest BCUT2D eigenvalue weighted by Gasteiger charge is -2.31. The van der Waals surface area contributed by atoms with E-state index in [9.17, 15) is 0 Å². The van der Waals surface area contributed by atoms with Crippen molar-refractivity contribution in [3.8, 4) is 11.5 Å². The number of likely N-dealkylation sites (tertiary alicyclic amines) is 1. The maximum atomic E-state index is 8.76. The van der Waals surface area contributed by atoms with Crippen LogP contribution in [0.5, 0.6) is 11.5 Å². The lowest BCUT2D eigenvalue weighted by Crippen LogP contribution is -2.36. The molecule has 2 aliphatic heterocycles. The maximum Gasteiger partial charge on any atom is 0.231 e. The minimum Gasteiger partial charge on any atom is -0.454 e. The zero-order valence-corrected chi connectivity index (χ0v) is 11.6. The van der Waals surface area contributed by atoms with E-state index in [0.29, 0.717) is 19.5 Å². The summed E-state index contributed by atoms with van der Waals surface area (Å²) in [5, 5.41) is 8.76. The van der Waals surface area contributed by atoms with E-state index in [1.54, 1.807) is 0 Å². The van der Waals surface area contributed by atoms with Crippen molar-refractivity contribution < 1.29 is 19.3 Å². The molecule has 0 radical (unpaired) electrons. The van der Waals surface area contributed by atoms with E-state index in [1.165, 1.54) is 5.56 Å². The fourth-order valence-corrected chi connectivity index (χ4v) is 2.75. The topological polar surface area (TPSA) is 51.2 Å². The van der Waals surface area contributed by atoms with Gasteiger partial charge in [0.2, 0.25) is 6.79 Å². The van der Waals surface area contributed by atoms with Gasteiger partial charge in [-0.15, -0.1) is 0 Å². The molecule has 5 nitrogen and oxygen atoms in total. The van der Waals surface area contributed by atoms with Crippen LogP contribution < -0.4 is 9.47 Å². The first kappa shape index (κ1) is 13.7. The second-order valence-corrected chi connectivity index (χ2v) is 5.26. The molecule has 0 saturated carbocycles. The fraction of sp³-hybridized carbons (Fsp3) is 0.600. The number of fused-ring (bicyclic) bond motifs is 1. The number of ether oxygens (including phenoxy) is 3. The fourth-order valence-electron chi connectivity index (χ4n) is 2.75. The second-order valence-electron chi connectivity index (χ2n) is 5.26. The van der Waals surface area contributed by atoms with Gasteiger partial charge in [0, 0.05) is 19.6 Å². The van der Waals surface area contributed by atoms with Crippen LogP contribution >= 0.6 is 0 Å². The van der Waals surface area contributed by atoms with Crippen molar-refractivity contribution in [3.05, 3.63) is 23.8 Å². The van der Waals surface area contributed by atoms with Crippen LogP contribution in [0.2, 0.25) is 0 Å². The van der Waals surface area contributed by atoms with Crippen molar-refractivity contribution in [2.24, 2.45) is 0 Å². The molecule has 0 bridgehead atoms. The average molecular weight is 279 g/mol. The number of aliphatic hydroxyl groups is 1. The van der Waals surface area contributed by atoms with Crippen LogP contribution in [0.15, 0.2) is 18.2 Å². The SMILES string of the molecule is OCCOC1CCN(Cc2ccc3c(c2)OCO3)CC1. The van der Waals surface area contributed by atoms with Crippen LogP contribution in [0.25, 0.3) is 0 Å². The van der Waals surface area contributed by atoms with Crippen LogP contribution in [-0.2, 0) is 11.3 Å². The molecule has 3 rings (SSSR count). The number of nitrogens with zero attached hydrogens (tertiary/aromatic N) is 1. The van der Waals surface area contributed by atoms with Crippen molar-refractivity contribution in [3.63, 3.8) is 0 Å². The Morgan fingerprint density at radius 1 is 1.20 bits per heavy atom. The molecule has 0 unspecified atom stereocenters. The van der Waals surface area contributed by atoms with Gasteiger partial charge in [-0.1, -0.05) is 6.07 Å². The van der Waals surface area contributed by atoms with Crippen LogP contribution in [0.1, 0.15) is 18.4 Å². The van der Waals surface area contributed by atoms with Gasteiger partial charge in [0.15, 0.2) is 11.5 Å². The highest BCUT2D eigenvalue weighted by Gasteiger charge is 2.20. The summed E-state index contributed by atoms with van der Waals surface area (Å²) >= 11 is 0. The van der Waals surface area contributed by atoms with Gasteiger partial charge < -0.3 is 19.3 Å². The molecule has 2 heterocycles. The molecule has 1 fully saturated rings. The van der Waals surface area contributed by atoms with Gasteiger partial charge in [-0.05, 0) is 30.5 Å². The smallest absolute Gasteiger partial charge is 0.231 e. The molecule has 20 heavy (non-hydrogen) atoms. The van der Waals surface area contributed by atoms with Crippen LogP contribution in [0, 0.1) is 0 Å². The molecular weight excluding hydrogens is 258 g/mol. The first-order valence-corrected chi connectivity index (χ1v) is 7.18. The molecule has 2 aliphatic rings. The first-order valence-electron chi connectivity index (χ1n) is 7.18. The summed E-state index contributed by atoms with van der Waals surface area (Å²) in [5.41, 5.74) is 1.25. The molecular formula is C15H21NO4. The molecule has 5 heteroatoms. The Bertz CT molecular complexity index is 443. The van der Waals surface area contributed by atoms with Crippen molar-refractivity contribution in [2.75, 3.05) is 33.1 Å². The summed E-state index contributed by atoms with van der Waals surface area (Å²) in [6, 6.07) is 6.15. The molecule has 1 N–H and O–H groups in total. The Labute approximate surface area is 119 Å². The molecule has 0 atom stereocenters. The molecule has 0 aromatic heterocycles. The Kier molecular flexibility index (Phi) is 4.40. The monoisotopic (exact) mass is 279 g/mol. The van der Waals surface area contributed by atoms with Gasteiger partial charge in [-0.3, -0.25) is 4.90 Å². The Hall–Kier alpha value is -1.30. The minimum absolute atomic E-state index is 0.109. The summed E-state index contributed by atoms with van der Waals surface area (Å²) in [7, 11) is 0. The minimum atomic E-state index is 0.109. The Morgan fingerprint density at radius 3 is 2.80 bits per heavy atom. The van der Waals surface area contributed by atoms with E-state index in [4.69, 9.17) is 19.3 Å². The zero-order chi connectivity index (χ0) is 13.8. The molecule has 0 aliphatic carbocycles. The predicted molar refractivity (Wildman–Crippen MR) is 73.9 cm³/mol.